The SMILES string of the molecule is CCc1ccc(NC(=O)NC2CCC(Nc3nc(N(C)C)c4ccccc4n3)CC2)cc1. The zero-order valence-corrected chi connectivity index (χ0v) is 19.1. The fourth-order valence-corrected chi connectivity index (χ4v) is 4.21. The minimum Gasteiger partial charge on any atom is -0.362 e. The van der Waals surface area contributed by atoms with Gasteiger partial charge in [-0.3, -0.25) is 0 Å². The van der Waals surface area contributed by atoms with E-state index in [-0.39, 0.29) is 12.1 Å². The van der Waals surface area contributed by atoms with Crippen molar-refractivity contribution in [3.05, 3.63) is 54.1 Å². The number of aryl methyl sites for hydroxylation is 1. The van der Waals surface area contributed by atoms with Crippen LogP contribution in [0.2, 0.25) is 0 Å². The van der Waals surface area contributed by atoms with Crippen molar-refractivity contribution in [3.8, 4) is 0 Å². The van der Waals surface area contributed by atoms with Crippen molar-refractivity contribution in [2.45, 2.75) is 51.1 Å². The van der Waals surface area contributed by atoms with E-state index >= 15 is 0 Å². The molecule has 3 aromatic rings. The molecule has 0 saturated heterocycles. The average Bonchev–Trinajstić information content (AvgIpc) is 2.80. The number of nitrogens with zero attached hydrogens (tertiary/aromatic N) is 3. The summed E-state index contributed by atoms with van der Waals surface area (Å²) in [6.45, 7) is 2.12. The van der Waals surface area contributed by atoms with Gasteiger partial charge in [0, 0.05) is 37.3 Å². The number of rotatable bonds is 6. The Hall–Kier alpha value is -3.35. The van der Waals surface area contributed by atoms with Gasteiger partial charge in [0.1, 0.15) is 5.82 Å². The molecule has 1 aliphatic carbocycles. The van der Waals surface area contributed by atoms with Gasteiger partial charge in [-0.1, -0.05) is 31.2 Å². The van der Waals surface area contributed by atoms with E-state index in [2.05, 4.69) is 28.9 Å². The smallest absolute Gasteiger partial charge is 0.319 e. The van der Waals surface area contributed by atoms with E-state index in [1.807, 2.05) is 61.5 Å². The van der Waals surface area contributed by atoms with Gasteiger partial charge in [0.25, 0.3) is 0 Å². The Morgan fingerprint density at radius 2 is 1.66 bits per heavy atom. The highest BCUT2D eigenvalue weighted by atomic mass is 16.2. The van der Waals surface area contributed by atoms with Gasteiger partial charge in [0.2, 0.25) is 5.95 Å². The molecule has 1 fully saturated rings. The summed E-state index contributed by atoms with van der Waals surface area (Å²) in [6.07, 6.45) is 4.76. The lowest BCUT2D eigenvalue weighted by Crippen LogP contribution is -2.42. The maximum atomic E-state index is 12.4. The lowest BCUT2D eigenvalue weighted by Gasteiger charge is -2.30. The lowest BCUT2D eigenvalue weighted by molar-refractivity contribution is 0.243. The molecule has 1 saturated carbocycles. The second kappa shape index (κ2) is 9.85. The van der Waals surface area contributed by atoms with E-state index in [1.54, 1.807) is 0 Å². The predicted octanol–water partition coefficient (Wildman–Crippen LogP) is 4.80. The summed E-state index contributed by atoms with van der Waals surface area (Å²) in [5.74, 6) is 1.58. The zero-order chi connectivity index (χ0) is 22.5. The number of hydrogen-bond acceptors (Lipinski definition) is 5. The molecule has 1 heterocycles. The second-order valence-corrected chi connectivity index (χ2v) is 8.62. The van der Waals surface area contributed by atoms with Crippen LogP contribution in [0.5, 0.6) is 0 Å². The van der Waals surface area contributed by atoms with Crippen LogP contribution in [0.4, 0.5) is 22.2 Å². The molecule has 7 nitrogen and oxygen atoms in total. The van der Waals surface area contributed by atoms with Crippen molar-refractivity contribution >= 4 is 34.4 Å². The van der Waals surface area contributed by atoms with E-state index in [4.69, 9.17) is 9.97 Å². The van der Waals surface area contributed by atoms with E-state index in [0.29, 0.717) is 12.0 Å². The third-order valence-electron chi connectivity index (χ3n) is 6.02. The first kappa shape index (κ1) is 21.9. The standard InChI is InChI=1S/C25H32N6O/c1-4-17-9-11-19(12-10-17)27-25(32)28-20-15-13-18(14-16-20)26-24-29-22-8-6-5-7-21(22)23(30-24)31(2)3/h5-12,18,20H,4,13-16H2,1-3H3,(H,26,29,30)(H2,27,28,32). The normalized spacial score (nSPS) is 18.2. The Labute approximate surface area is 189 Å². The minimum absolute atomic E-state index is 0.140. The van der Waals surface area contributed by atoms with E-state index in [0.717, 1.165) is 54.5 Å². The van der Waals surface area contributed by atoms with Crippen LogP contribution in [0.3, 0.4) is 0 Å². The minimum atomic E-state index is -0.140. The predicted molar refractivity (Wildman–Crippen MR) is 132 cm³/mol. The molecule has 0 radical (unpaired) electrons. The van der Waals surface area contributed by atoms with Crippen molar-refractivity contribution in [2.75, 3.05) is 29.6 Å². The van der Waals surface area contributed by atoms with E-state index in [9.17, 15) is 4.79 Å². The van der Waals surface area contributed by atoms with Crippen LogP contribution in [0.25, 0.3) is 10.9 Å². The molecule has 0 atom stereocenters. The topological polar surface area (TPSA) is 82.2 Å². The van der Waals surface area contributed by atoms with Crippen LogP contribution >= 0.6 is 0 Å². The number of carbonyl (C=O) groups excluding carboxylic acids is 1. The molecule has 0 spiro atoms. The van der Waals surface area contributed by atoms with Gasteiger partial charge >= 0.3 is 6.03 Å². The Kier molecular flexibility index (Phi) is 6.73. The summed E-state index contributed by atoms with van der Waals surface area (Å²) in [5, 5.41) is 10.6. The van der Waals surface area contributed by atoms with Gasteiger partial charge in [-0.2, -0.15) is 4.98 Å². The molecule has 2 aromatic carbocycles. The number of nitrogens with one attached hydrogen (secondary N) is 3. The summed E-state index contributed by atoms with van der Waals surface area (Å²) >= 11 is 0. The number of benzene rings is 2. The van der Waals surface area contributed by atoms with Crippen LogP contribution in [-0.2, 0) is 6.42 Å². The fraction of sp³-hybridized carbons (Fsp3) is 0.400. The number of fused-ring (bicyclic) bond motifs is 1. The molecule has 3 N–H and O–H groups in total. The summed E-state index contributed by atoms with van der Waals surface area (Å²) in [5.41, 5.74) is 3.02. The molecule has 0 aliphatic heterocycles. The largest absolute Gasteiger partial charge is 0.362 e. The van der Waals surface area contributed by atoms with Gasteiger partial charge in [-0.25, -0.2) is 9.78 Å². The van der Waals surface area contributed by atoms with Gasteiger partial charge in [-0.15, -0.1) is 0 Å². The average molecular weight is 433 g/mol. The third kappa shape index (κ3) is 5.28. The molecule has 4 rings (SSSR count). The summed E-state index contributed by atoms with van der Waals surface area (Å²) in [4.78, 5) is 23.8. The molecular weight excluding hydrogens is 400 g/mol. The molecule has 1 aliphatic rings. The molecular formula is C25H32N6O. The number of anilines is 3. The molecule has 168 valence electrons. The molecule has 0 bridgehead atoms. The van der Waals surface area contributed by atoms with Crippen LogP contribution in [0.1, 0.15) is 38.2 Å². The monoisotopic (exact) mass is 432 g/mol. The van der Waals surface area contributed by atoms with Gasteiger partial charge in [-0.05, 0) is 61.9 Å². The van der Waals surface area contributed by atoms with Crippen LogP contribution < -0.4 is 20.9 Å². The number of aromatic nitrogens is 2. The van der Waals surface area contributed by atoms with Gasteiger partial charge in [0.05, 0.1) is 5.52 Å². The highest BCUT2D eigenvalue weighted by molar-refractivity contribution is 5.90. The number of hydrogen-bond donors (Lipinski definition) is 3. The van der Waals surface area contributed by atoms with Gasteiger partial charge < -0.3 is 20.9 Å². The van der Waals surface area contributed by atoms with Gasteiger partial charge in [0.15, 0.2) is 0 Å². The van der Waals surface area contributed by atoms with Crippen molar-refractivity contribution in [1.82, 2.24) is 15.3 Å². The summed E-state index contributed by atoms with van der Waals surface area (Å²) < 4.78 is 0. The quantitative estimate of drug-likeness (QED) is 0.521. The van der Waals surface area contributed by atoms with Crippen molar-refractivity contribution in [2.24, 2.45) is 0 Å². The Morgan fingerprint density at radius 1 is 0.969 bits per heavy atom. The van der Waals surface area contributed by atoms with Crippen LogP contribution in [-0.4, -0.2) is 42.2 Å². The first-order valence-corrected chi connectivity index (χ1v) is 11.4. The maximum Gasteiger partial charge on any atom is 0.319 e. The number of urea groups is 1. The van der Waals surface area contributed by atoms with Crippen molar-refractivity contribution in [3.63, 3.8) is 0 Å². The van der Waals surface area contributed by atoms with Crippen LogP contribution in [0.15, 0.2) is 48.5 Å². The van der Waals surface area contributed by atoms with E-state index in [1.165, 1.54) is 5.56 Å². The van der Waals surface area contributed by atoms with E-state index < -0.39 is 0 Å². The lowest BCUT2D eigenvalue weighted by atomic mass is 9.91. The zero-order valence-electron chi connectivity index (χ0n) is 19.1. The third-order valence-corrected chi connectivity index (χ3v) is 6.02. The second-order valence-electron chi connectivity index (χ2n) is 8.62. The van der Waals surface area contributed by atoms with Crippen LogP contribution in [0, 0.1) is 0 Å². The van der Waals surface area contributed by atoms with Crippen molar-refractivity contribution < 1.29 is 4.79 Å². The Morgan fingerprint density at radius 3 is 2.34 bits per heavy atom. The molecule has 0 unspecified atom stereocenters. The fourth-order valence-electron chi connectivity index (χ4n) is 4.21. The molecule has 7 heteroatoms. The summed E-state index contributed by atoms with van der Waals surface area (Å²) in [6, 6.07) is 16.4. The molecule has 1 aromatic heterocycles. The maximum absolute atomic E-state index is 12.4. The summed E-state index contributed by atoms with van der Waals surface area (Å²) in [7, 11) is 4.00. The highest BCUT2D eigenvalue weighted by Crippen LogP contribution is 2.26. The first-order valence-electron chi connectivity index (χ1n) is 11.4. The molecule has 2 amide bonds. The number of amides is 2. The molecule has 32 heavy (non-hydrogen) atoms. The Balaban J connectivity index is 1.30. The first-order chi connectivity index (χ1) is 15.5. The number of para-hydroxylation sites is 1. The highest BCUT2D eigenvalue weighted by Gasteiger charge is 2.23. The number of carbonyl (C=O) groups is 1. The van der Waals surface area contributed by atoms with Crippen molar-refractivity contribution in [1.29, 1.82) is 0 Å². The Bertz CT molecular complexity index is 1060.